The van der Waals surface area contributed by atoms with Crippen LogP contribution < -0.4 is 9.04 Å². The Balaban J connectivity index is 2.39. The van der Waals surface area contributed by atoms with Gasteiger partial charge in [-0.2, -0.15) is 0 Å². The lowest BCUT2D eigenvalue weighted by molar-refractivity contribution is 0.156. The number of hydrogen-bond donors (Lipinski definition) is 0. The van der Waals surface area contributed by atoms with Gasteiger partial charge >= 0.3 is 0 Å². The molecule has 0 unspecified atom stereocenters. The van der Waals surface area contributed by atoms with Crippen LogP contribution in [0.1, 0.15) is 0 Å². The minimum Gasteiger partial charge on any atom is -0.479 e. The van der Waals surface area contributed by atoms with Gasteiger partial charge in [-0.05, 0) is 40.2 Å². The van der Waals surface area contributed by atoms with Crippen molar-refractivity contribution in [1.29, 1.82) is 0 Å². The van der Waals surface area contributed by atoms with Gasteiger partial charge in [0.1, 0.15) is 12.4 Å². The third kappa shape index (κ3) is 6.03. The van der Waals surface area contributed by atoms with Gasteiger partial charge in [0.25, 0.3) is 10.0 Å². The zero-order valence-electron chi connectivity index (χ0n) is 16.0. The van der Waals surface area contributed by atoms with E-state index in [1.165, 1.54) is 11.4 Å². The molecule has 0 bridgehead atoms. The lowest BCUT2D eigenvalue weighted by Crippen LogP contribution is -2.34. The first-order valence-corrected chi connectivity index (χ1v) is 14.4. The molecule has 0 aliphatic heterocycles. The number of ether oxygens (including phenoxy) is 2. The third-order valence-electron chi connectivity index (χ3n) is 3.80. The van der Waals surface area contributed by atoms with Crippen LogP contribution in [-0.4, -0.2) is 41.9 Å². The molecule has 0 radical (unpaired) electrons. The fourth-order valence-electron chi connectivity index (χ4n) is 2.27. The molecule has 1 aromatic carbocycles. The number of benzene rings is 1. The number of anilines is 1. The maximum absolute atomic E-state index is 13.3. The third-order valence-corrected chi connectivity index (χ3v) is 7.69. The van der Waals surface area contributed by atoms with Gasteiger partial charge in [-0.15, -0.1) is 0 Å². The van der Waals surface area contributed by atoms with Crippen molar-refractivity contribution in [3.05, 3.63) is 47.1 Å². The monoisotopic (exact) mass is 472 g/mol. The molecule has 9 heteroatoms. The fraction of sp³-hybridized carbons (Fsp3) is 0.389. The normalized spacial score (nSPS) is 12.0. The number of sulfonamides is 1. The number of halogens is 1. The van der Waals surface area contributed by atoms with Gasteiger partial charge in [-0.1, -0.05) is 37.8 Å². The summed E-state index contributed by atoms with van der Waals surface area (Å²) in [5, 5.41) is 0. The maximum atomic E-state index is 13.3. The van der Waals surface area contributed by atoms with E-state index in [0.717, 1.165) is 6.04 Å². The standard InChI is InChI=1S/C18H25BrN2O4SSi/c1-24-18-17(12-15(19)13-20-18)21(14-25-10-11-27(2,3)4)26(22,23)16-8-6-5-7-9-16/h5-9,12-13H,10-11,14H2,1-4H3. The Kier molecular flexibility index (Phi) is 7.44. The summed E-state index contributed by atoms with van der Waals surface area (Å²) < 4.78 is 39.4. The second-order valence-electron chi connectivity index (χ2n) is 7.20. The van der Waals surface area contributed by atoms with Crippen LogP contribution in [-0.2, 0) is 14.8 Å². The van der Waals surface area contributed by atoms with Gasteiger partial charge in [-0.25, -0.2) is 17.7 Å². The lowest BCUT2D eigenvalue weighted by Gasteiger charge is -2.26. The molecule has 0 saturated heterocycles. The zero-order chi connectivity index (χ0) is 20.1. The predicted molar refractivity (Wildman–Crippen MR) is 114 cm³/mol. The van der Waals surface area contributed by atoms with E-state index >= 15 is 0 Å². The van der Waals surface area contributed by atoms with Crippen LogP contribution in [0.25, 0.3) is 0 Å². The highest BCUT2D eigenvalue weighted by Crippen LogP contribution is 2.33. The van der Waals surface area contributed by atoms with Crippen LogP contribution in [0.3, 0.4) is 0 Å². The first-order valence-electron chi connectivity index (χ1n) is 8.50. The van der Waals surface area contributed by atoms with Gasteiger partial charge in [0.05, 0.1) is 12.0 Å². The Hall–Kier alpha value is -1.42. The van der Waals surface area contributed by atoms with Crippen molar-refractivity contribution in [1.82, 2.24) is 4.98 Å². The Morgan fingerprint density at radius 1 is 1.19 bits per heavy atom. The fourth-order valence-corrected chi connectivity index (χ4v) is 4.70. The molecule has 0 aliphatic rings. The van der Waals surface area contributed by atoms with Gasteiger partial charge in [0.2, 0.25) is 5.88 Å². The molecule has 0 fully saturated rings. The first kappa shape index (κ1) is 21.9. The molecule has 0 saturated carbocycles. The highest BCUT2D eigenvalue weighted by atomic mass is 79.9. The van der Waals surface area contributed by atoms with E-state index in [1.54, 1.807) is 42.6 Å². The van der Waals surface area contributed by atoms with Crippen molar-refractivity contribution in [2.24, 2.45) is 0 Å². The van der Waals surface area contributed by atoms with E-state index in [9.17, 15) is 8.42 Å². The van der Waals surface area contributed by atoms with E-state index < -0.39 is 18.1 Å². The minimum absolute atomic E-state index is 0.115. The largest absolute Gasteiger partial charge is 0.479 e. The van der Waals surface area contributed by atoms with Crippen LogP contribution in [0.4, 0.5) is 5.69 Å². The zero-order valence-corrected chi connectivity index (χ0v) is 19.4. The van der Waals surface area contributed by atoms with Crippen LogP contribution in [0, 0.1) is 0 Å². The maximum Gasteiger partial charge on any atom is 0.266 e. The smallest absolute Gasteiger partial charge is 0.266 e. The molecular formula is C18H25BrN2O4SSi. The van der Waals surface area contributed by atoms with E-state index in [2.05, 4.69) is 40.6 Å². The summed E-state index contributed by atoms with van der Waals surface area (Å²) >= 11 is 3.35. The van der Waals surface area contributed by atoms with E-state index in [1.807, 2.05) is 0 Å². The van der Waals surface area contributed by atoms with Gasteiger partial charge < -0.3 is 9.47 Å². The Bertz CT molecular complexity index is 857. The van der Waals surface area contributed by atoms with Crippen LogP contribution in [0.5, 0.6) is 5.88 Å². The highest BCUT2D eigenvalue weighted by Gasteiger charge is 2.28. The van der Waals surface area contributed by atoms with Crippen LogP contribution >= 0.6 is 15.9 Å². The van der Waals surface area contributed by atoms with Crippen molar-refractivity contribution in [3.63, 3.8) is 0 Å². The minimum atomic E-state index is -3.84. The summed E-state index contributed by atoms with van der Waals surface area (Å²) in [6.07, 6.45) is 1.56. The molecule has 0 atom stereocenters. The molecule has 1 aromatic heterocycles. The summed E-state index contributed by atoms with van der Waals surface area (Å²) in [5.74, 6) is 0.214. The number of pyridine rings is 1. The molecular weight excluding hydrogens is 448 g/mol. The van der Waals surface area contributed by atoms with Gasteiger partial charge in [0.15, 0.2) is 0 Å². The van der Waals surface area contributed by atoms with E-state index in [0.29, 0.717) is 16.8 Å². The molecule has 6 nitrogen and oxygen atoms in total. The summed E-state index contributed by atoms with van der Waals surface area (Å²) in [6, 6.07) is 10.9. The van der Waals surface area contributed by atoms with Gasteiger partial charge in [0, 0.05) is 25.4 Å². The molecule has 2 aromatic rings. The van der Waals surface area contributed by atoms with Crippen molar-refractivity contribution in [2.75, 3.05) is 24.8 Å². The second-order valence-corrected chi connectivity index (χ2v) is 15.6. The average molecular weight is 473 g/mol. The summed E-state index contributed by atoms with van der Waals surface area (Å²) in [6.45, 7) is 7.12. The molecule has 0 spiro atoms. The Morgan fingerprint density at radius 3 is 2.44 bits per heavy atom. The number of aromatic nitrogens is 1. The van der Waals surface area contributed by atoms with Crippen molar-refractivity contribution in [3.8, 4) is 5.88 Å². The summed E-state index contributed by atoms with van der Waals surface area (Å²) in [7, 11) is -3.67. The molecule has 0 amide bonds. The highest BCUT2D eigenvalue weighted by molar-refractivity contribution is 9.10. The SMILES string of the molecule is COc1ncc(Br)cc1N(COCC[Si](C)(C)C)S(=O)(=O)c1ccccc1. The number of nitrogens with zero attached hydrogens (tertiary/aromatic N) is 2. The Morgan fingerprint density at radius 2 is 1.85 bits per heavy atom. The van der Waals surface area contributed by atoms with Crippen molar-refractivity contribution in [2.45, 2.75) is 30.6 Å². The van der Waals surface area contributed by atoms with Crippen LogP contribution in [0.2, 0.25) is 25.7 Å². The first-order chi connectivity index (χ1) is 12.6. The second kappa shape index (κ2) is 9.18. The van der Waals surface area contributed by atoms with Crippen LogP contribution in [0.15, 0.2) is 52.0 Å². The summed E-state index contributed by atoms with van der Waals surface area (Å²) in [5.41, 5.74) is 0.323. The van der Waals surface area contributed by atoms with Gasteiger partial charge in [-0.3, -0.25) is 0 Å². The van der Waals surface area contributed by atoms with Crippen molar-refractivity contribution >= 4 is 39.7 Å². The quantitative estimate of drug-likeness (QED) is 0.308. The number of hydrogen-bond acceptors (Lipinski definition) is 5. The molecule has 0 N–H and O–H groups in total. The molecule has 2 rings (SSSR count). The lowest BCUT2D eigenvalue weighted by atomic mass is 10.4. The van der Waals surface area contributed by atoms with E-state index in [-0.39, 0.29) is 17.5 Å². The Labute approximate surface area is 170 Å². The topological polar surface area (TPSA) is 68.7 Å². The number of methoxy groups -OCH3 is 1. The summed E-state index contributed by atoms with van der Waals surface area (Å²) in [4.78, 5) is 4.35. The number of rotatable bonds is 9. The molecule has 27 heavy (non-hydrogen) atoms. The molecule has 0 aliphatic carbocycles. The predicted octanol–water partition coefficient (Wildman–Crippen LogP) is 4.36. The molecule has 148 valence electrons. The molecule has 1 heterocycles. The van der Waals surface area contributed by atoms with Crippen molar-refractivity contribution < 1.29 is 17.9 Å². The average Bonchev–Trinajstić information content (AvgIpc) is 2.61. The van der Waals surface area contributed by atoms with E-state index in [4.69, 9.17) is 9.47 Å².